The highest BCUT2D eigenvalue weighted by molar-refractivity contribution is 5.97. The van der Waals surface area contributed by atoms with Crippen molar-refractivity contribution in [1.29, 1.82) is 5.26 Å². The van der Waals surface area contributed by atoms with Crippen molar-refractivity contribution < 1.29 is 14.0 Å². The van der Waals surface area contributed by atoms with Crippen LogP contribution in [0, 0.1) is 17.1 Å². The van der Waals surface area contributed by atoms with Crippen molar-refractivity contribution in [3.8, 4) is 6.07 Å². The third-order valence-corrected chi connectivity index (χ3v) is 4.66. The summed E-state index contributed by atoms with van der Waals surface area (Å²) in [5.41, 5.74) is 1.64. The van der Waals surface area contributed by atoms with Crippen molar-refractivity contribution >= 4 is 17.4 Å². The second-order valence-corrected chi connectivity index (χ2v) is 6.48. The Labute approximate surface area is 157 Å². The maximum Gasteiger partial charge on any atom is 0.241 e. The van der Waals surface area contributed by atoms with E-state index in [-0.39, 0.29) is 24.1 Å². The highest BCUT2D eigenvalue weighted by atomic mass is 19.1. The smallest absolute Gasteiger partial charge is 0.241 e. The largest absolute Gasteiger partial charge is 0.309 e. The summed E-state index contributed by atoms with van der Waals surface area (Å²) < 4.78 is 12.9. The number of Topliss-reactive ketones (excluding diaryl/α,β-unsaturated/α-hetero) is 1. The summed E-state index contributed by atoms with van der Waals surface area (Å²) in [7, 11) is 0. The second-order valence-electron chi connectivity index (χ2n) is 6.48. The molecular formula is C21H20FN3O2. The van der Waals surface area contributed by atoms with Gasteiger partial charge in [-0.2, -0.15) is 5.26 Å². The molecule has 5 nitrogen and oxygen atoms in total. The fraction of sp³-hybridized carbons (Fsp3) is 0.286. The van der Waals surface area contributed by atoms with Crippen LogP contribution in [0.4, 0.5) is 10.1 Å². The highest BCUT2D eigenvalue weighted by Gasteiger charge is 2.26. The maximum absolute atomic E-state index is 12.9. The number of hydrogen-bond donors (Lipinski definition) is 0. The van der Waals surface area contributed by atoms with Gasteiger partial charge in [0, 0.05) is 25.1 Å². The van der Waals surface area contributed by atoms with E-state index >= 15 is 0 Å². The molecule has 1 heterocycles. The Morgan fingerprint density at radius 2 is 1.85 bits per heavy atom. The summed E-state index contributed by atoms with van der Waals surface area (Å²) in [5, 5.41) is 9.21. The van der Waals surface area contributed by atoms with E-state index in [1.807, 2.05) is 11.0 Å². The predicted molar refractivity (Wildman–Crippen MR) is 99.9 cm³/mol. The third kappa shape index (κ3) is 4.57. The molecule has 0 N–H and O–H groups in total. The molecular weight excluding hydrogens is 345 g/mol. The van der Waals surface area contributed by atoms with Crippen LogP contribution in [0.3, 0.4) is 0 Å². The molecule has 0 unspecified atom stereocenters. The Hall–Kier alpha value is -3.04. The first-order valence-electron chi connectivity index (χ1n) is 8.89. The molecule has 1 saturated heterocycles. The van der Waals surface area contributed by atoms with E-state index in [1.54, 1.807) is 23.1 Å². The van der Waals surface area contributed by atoms with Gasteiger partial charge in [0.2, 0.25) is 5.91 Å². The molecule has 0 bridgehead atoms. The fourth-order valence-corrected chi connectivity index (χ4v) is 3.21. The molecule has 0 saturated carbocycles. The zero-order chi connectivity index (χ0) is 19.2. The molecule has 27 heavy (non-hydrogen) atoms. The van der Waals surface area contributed by atoms with Gasteiger partial charge >= 0.3 is 0 Å². The number of ketones is 1. The number of nitriles is 1. The fourth-order valence-electron chi connectivity index (χ4n) is 3.21. The van der Waals surface area contributed by atoms with Gasteiger partial charge in [-0.15, -0.1) is 0 Å². The van der Waals surface area contributed by atoms with Crippen LogP contribution >= 0.6 is 0 Å². The van der Waals surface area contributed by atoms with Crippen LogP contribution in [0.5, 0.6) is 0 Å². The quantitative estimate of drug-likeness (QED) is 0.738. The predicted octanol–water partition coefficient (Wildman–Crippen LogP) is 3.01. The minimum atomic E-state index is -0.360. The van der Waals surface area contributed by atoms with Gasteiger partial charge in [0.15, 0.2) is 5.78 Å². The van der Waals surface area contributed by atoms with E-state index in [0.29, 0.717) is 49.3 Å². The SMILES string of the molecule is N#Cc1ccccc1N1CCN(CCCC(=O)c2ccc(F)cc2)CC1=O. The van der Waals surface area contributed by atoms with Gasteiger partial charge in [-0.25, -0.2) is 4.39 Å². The third-order valence-electron chi connectivity index (χ3n) is 4.66. The van der Waals surface area contributed by atoms with Crippen molar-refractivity contribution in [2.75, 3.05) is 31.1 Å². The molecule has 0 spiro atoms. The lowest BCUT2D eigenvalue weighted by Gasteiger charge is -2.34. The Balaban J connectivity index is 1.50. The maximum atomic E-state index is 12.9. The van der Waals surface area contributed by atoms with Crippen LogP contribution in [0.15, 0.2) is 48.5 Å². The van der Waals surface area contributed by atoms with Crippen LogP contribution in [-0.4, -0.2) is 42.8 Å². The lowest BCUT2D eigenvalue weighted by atomic mass is 10.1. The molecule has 3 rings (SSSR count). The van der Waals surface area contributed by atoms with E-state index in [0.717, 1.165) is 0 Å². The monoisotopic (exact) mass is 365 g/mol. The molecule has 1 amide bonds. The topological polar surface area (TPSA) is 64.4 Å². The number of rotatable bonds is 6. The van der Waals surface area contributed by atoms with E-state index < -0.39 is 0 Å². The number of piperazine rings is 1. The number of para-hydroxylation sites is 1. The summed E-state index contributed by atoms with van der Waals surface area (Å²) in [6, 6.07) is 14.8. The van der Waals surface area contributed by atoms with E-state index in [9.17, 15) is 19.2 Å². The van der Waals surface area contributed by atoms with Gasteiger partial charge in [0.1, 0.15) is 11.9 Å². The van der Waals surface area contributed by atoms with Crippen molar-refractivity contribution in [3.63, 3.8) is 0 Å². The number of anilines is 1. The average Bonchev–Trinajstić information content (AvgIpc) is 2.68. The summed E-state index contributed by atoms with van der Waals surface area (Å²) in [6.07, 6.45) is 0.996. The number of halogens is 1. The van der Waals surface area contributed by atoms with Gasteiger partial charge in [-0.05, 0) is 49.4 Å². The summed E-state index contributed by atoms with van der Waals surface area (Å²) in [4.78, 5) is 28.3. The summed E-state index contributed by atoms with van der Waals surface area (Å²) >= 11 is 0. The highest BCUT2D eigenvalue weighted by Crippen LogP contribution is 2.22. The first kappa shape index (κ1) is 18.7. The van der Waals surface area contributed by atoms with Crippen molar-refractivity contribution in [1.82, 2.24) is 4.90 Å². The van der Waals surface area contributed by atoms with Crippen molar-refractivity contribution in [2.24, 2.45) is 0 Å². The molecule has 1 aliphatic rings. The number of nitrogens with zero attached hydrogens (tertiary/aromatic N) is 3. The van der Waals surface area contributed by atoms with Crippen molar-refractivity contribution in [3.05, 3.63) is 65.5 Å². The number of benzene rings is 2. The number of hydrogen-bond acceptors (Lipinski definition) is 4. The van der Waals surface area contributed by atoms with Gasteiger partial charge in [-0.1, -0.05) is 12.1 Å². The summed E-state index contributed by atoms with van der Waals surface area (Å²) in [5.74, 6) is -0.433. The average molecular weight is 365 g/mol. The zero-order valence-corrected chi connectivity index (χ0v) is 14.9. The van der Waals surface area contributed by atoms with E-state index in [4.69, 9.17) is 0 Å². The normalized spacial score (nSPS) is 14.8. The standard InChI is InChI=1S/C21H20FN3O2/c22-18-9-7-16(8-10-18)20(26)6-3-11-24-12-13-25(21(27)15-24)19-5-2-1-4-17(19)14-23/h1-2,4-5,7-10H,3,6,11-13,15H2. The Kier molecular flexibility index (Phi) is 5.94. The molecule has 2 aromatic rings. The van der Waals surface area contributed by atoms with E-state index in [2.05, 4.69) is 6.07 Å². The molecule has 1 aliphatic heterocycles. The lowest BCUT2D eigenvalue weighted by molar-refractivity contribution is -0.121. The first-order chi connectivity index (χ1) is 13.1. The molecule has 0 atom stereocenters. The van der Waals surface area contributed by atoms with Crippen molar-refractivity contribution in [2.45, 2.75) is 12.8 Å². The van der Waals surface area contributed by atoms with Gasteiger partial charge in [-0.3, -0.25) is 14.5 Å². The van der Waals surface area contributed by atoms with Crippen LogP contribution < -0.4 is 4.90 Å². The zero-order valence-electron chi connectivity index (χ0n) is 14.9. The molecule has 0 aliphatic carbocycles. The number of carbonyl (C=O) groups excluding carboxylic acids is 2. The van der Waals surface area contributed by atoms with Gasteiger partial charge in [0.05, 0.1) is 17.8 Å². The minimum Gasteiger partial charge on any atom is -0.309 e. The number of carbonyl (C=O) groups is 2. The Morgan fingerprint density at radius 1 is 1.11 bits per heavy atom. The Morgan fingerprint density at radius 3 is 2.56 bits per heavy atom. The molecule has 0 aromatic heterocycles. The molecule has 1 fully saturated rings. The molecule has 0 radical (unpaired) electrons. The molecule has 2 aromatic carbocycles. The van der Waals surface area contributed by atoms with Gasteiger partial charge in [0.25, 0.3) is 0 Å². The van der Waals surface area contributed by atoms with Gasteiger partial charge < -0.3 is 4.90 Å². The van der Waals surface area contributed by atoms with E-state index in [1.165, 1.54) is 24.3 Å². The number of amides is 1. The summed E-state index contributed by atoms with van der Waals surface area (Å²) in [6.45, 7) is 2.12. The first-order valence-corrected chi connectivity index (χ1v) is 8.89. The molecule has 138 valence electrons. The van der Waals surface area contributed by atoms with Crippen LogP contribution in [0.1, 0.15) is 28.8 Å². The van der Waals surface area contributed by atoms with Crippen LogP contribution in [0.2, 0.25) is 0 Å². The minimum absolute atomic E-state index is 0.0251. The van der Waals surface area contributed by atoms with Crippen LogP contribution in [-0.2, 0) is 4.79 Å². The van der Waals surface area contributed by atoms with Crippen LogP contribution in [0.25, 0.3) is 0 Å². The second kappa shape index (κ2) is 8.56. The Bertz CT molecular complexity index is 874. The molecule has 6 heteroatoms. The lowest BCUT2D eigenvalue weighted by Crippen LogP contribution is -2.50.